The van der Waals surface area contributed by atoms with Crippen LogP contribution < -0.4 is 0 Å². The summed E-state index contributed by atoms with van der Waals surface area (Å²) in [5.74, 6) is -0.285. The molecular formula is C28H25NO5. The van der Waals surface area contributed by atoms with Crippen LogP contribution in [-0.4, -0.2) is 41.6 Å². The van der Waals surface area contributed by atoms with E-state index in [1.165, 1.54) is 4.90 Å². The Hall–Kier alpha value is -3.54. The average Bonchev–Trinajstić information content (AvgIpc) is 3.66. The van der Waals surface area contributed by atoms with Crippen LogP contribution in [0.25, 0.3) is 11.1 Å². The number of allylic oxidation sites excluding steroid dienone is 2. The molecule has 0 radical (unpaired) electrons. The Morgan fingerprint density at radius 1 is 0.824 bits per heavy atom. The number of rotatable bonds is 7. The minimum atomic E-state index is -0.589. The highest BCUT2D eigenvalue weighted by atomic mass is 16.5. The fraction of sp³-hybridized carbons (Fsp3) is 0.357. The first-order valence-corrected chi connectivity index (χ1v) is 11.9. The summed E-state index contributed by atoms with van der Waals surface area (Å²) in [7, 11) is 0. The molecule has 2 amide bonds. The van der Waals surface area contributed by atoms with Gasteiger partial charge in [0.25, 0.3) is 0 Å². The molecule has 1 saturated heterocycles. The summed E-state index contributed by atoms with van der Waals surface area (Å²) in [6.07, 6.45) is 5.26. The predicted octanol–water partition coefficient (Wildman–Crippen LogP) is 3.52. The van der Waals surface area contributed by atoms with Gasteiger partial charge in [-0.05, 0) is 41.2 Å². The number of hydrogen-bond donors (Lipinski definition) is 0. The quantitative estimate of drug-likeness (QED) is 0.276. The molecule has 2 saturated carbocycles. The van der Waals surface area contributed by atoms with Gasteiger partial charge in [0.05, 0.1) is 18.3 Å². The van der Waals surface area contributed by atoms with Crippen LogP contribution in [0.5, 0.6) is 0 Å². The van der Waals surface area contributed by atoms with E-state index in [0.717, 1.165) is 17.5 Å². The van der Waals surface area contributed by atoms with Crippen molar-refractivity contribution in [2.24, 2.45) is 35.5 Å². The van der Waals surface area contributed by atoms with E-state index >= 15 is 0 Å². The van der Waals surface area contributed by atoms with Crippen LogP contribution in [0.15, 0.2) is 66.7 Å². The second-order valence-corrected chi connectivity index (χ2v) is 9.76. The molecule has 2 aromatic rings. The van der Waals surface area contributed by atoms with Gasteiger partial charge < -0.3 is 4.74 Å². The van der Waals surface area contributed by atoms with E-state index in [0.29, 0.717) is 17.4 Å². The molecule has 6 nitrogen and oxygen atoms in total. The van der Waals surface area contributed by atoms with Crippen molar-refractivity contribution in [1.29, 1.82) is 0 Å². The van der Waals surface area contributed by atoms with Gasteiger partial charge in [0.1, 0.15) is 0 Å². The monoisotopic (exact) mass is 455 g/mol. The Bertz CT molecular complexity index is 1170. The van der Waals surface area contributed by atoms with Crippen LogP contribution in [0.1, 0.15) is 23.2 Å². The first-order chi connectivity index (χ1) is 16.5. The summed E-state index contributed by atoms with van der Waals surface area (Å²) >= 11 is 0. The van der Waals surface area contributed by atoms with Gasteiger partial charge in [-0.15, -0.1) is 0 Å². The summed E-state index contributed by atoms with van der Waals surface area (Å²) < 4.78 is 5.15. The third-order valence-electron chi connectivity index (χ3n) is 7.97. The second-order valence-electron chi connectivity index (χ2n) is 9.76. The highest BCUT2D eigenvalue weighted by Gasteiger charge is 2.66. The summed E-state index contributed by atoms with van der Waals surface area (Å²) in [5.41, 5.74) is 2.51. The highest BCUT2D eigenvalue weighted by molar-refractivity contribution is 6.06. The number of likely N-dealkylation sites (tertiary alicyclic amines) is 1. The number of imide groups is 1. The van der Waals surface area contributed by atoms with Gasteiger partial charge in [0.15, 0.2) is 12.4 Å². The number of ketones is 1. The van der Waals surface area contributed by atoms with E-state index in [9.17, 15) is 19.2 Å². The number of ether oxygens (including phenoxy) is 1. The number of esters is 1. The van der Waals surface area contributed by atoms with E-state index in [1.54, 1.807) is 12.1 Å². The molecule has 4 aliphatic carbocycles. The van der Waals surface area contributed by atoms with Crippen molar-refractivity contribution < 1.29 is 23.9 Å². The second kappa shape index (κ2) is 8.05. The smallest absolute Gasteiger partial charge is 0.308 e. The van der Waals surface area contributed by atoms with E-state index < -0.39 is 5.97 Å². The number of benzene rings is 2. The third kappa shape index (κ3) is 3.40. The van der Waals surface area contributed by atoms with Crippen LogP contribution in [-0.2, 0) is 19.1 Å². The molecular weight excluding hydrogens is 430 g/mol. The van der Waals surface area contributed by atoms with Crippen molar-refractivity contribution in [3.8, 4) is 11.1 Å². The molecule has 6 heteroatoms. The topological polar surface area (TPSA) is 80.8 Å². The molecule has 1 heterocycles. The molecule has 6 atom stereocenters. The Balaban J connectivity index is 1.01. The maximum Gasteiger partial charge on any atom is 0.308 e. The third-order valence-corrected chi connectivity index (χ3v) is 7.97. The maximum atomic E-state index is 13.0. The molecule has 2 aromatic carbocycles. The largest absolute Gasteiger partial charge is 0.457 e. The van der Waals surface area contributed by atoms with Crippen molar-refractivity contribution in [3.05, 3.63) is 72.3 Å². The molecule has 7 rings (SSSR count). The summed E-state index contributed by atoms with van der Waals surface area (Å²) in [6.45, 7) is -0.355. The molecule has 5 aliphatic rings. The van der Waals surface area contributed by atoms with Crippen LogP contribution in [0.3, 0.4) is 0 Å². The first-order valence-electron chi connectivity index (χ1n) is 11.9. The first kappa shape index (κ1) is 21.0. The standard InChI is InChI=1S/C28H25NO5/c30-23(18-8-6-17(7-9-18)16-4-2-1-3-5-16)15-34-24(31)12-13-29-27(32)25-19-10-11-20(22-14-21(19)22)26(25)28(29)33/h1-11,19-22,25-26H,12-15H2/t19-,20-,21-,22-,25+,26+/m1/s1. The number of carbonyl (C=O) groups is 4. The number of amides is 2. The number of Topliss-reactive ketones (excluding diaryl/α,β-unsaturated/α-hetero) is 1. The fourth-order valence-electron chi connectivity index (χ4n) is 6.22. The zero-order valence-corrected chi connectivity index (χ0v) is 18.6. The van der Waals surface area contributed by atoms with Gasteiger partial charge in [0.2, 0.25) is 11.8 Å². The minimum Gasteiger partial charge on any atom is -0.457 e. The number of nitrogens with zero attached hydrogens (tertiary/aromatic N) is 1. The molecule has 172 valence electrons. The zero-order valence-electron chi connectivity index (χ0n) is 18.6. The minimum absolute atomic E-state index is 0.0121. The van der Waals surface area contributed by atoms with Crippen molar-refractivity contribution in [3.63, 3.8) is 0 Å². The van der Waals surface area contributed by atoms with Crippen molar-refractivity contribution in [1.82, 2.24) is 4.90 Å². The Morgan fingerprint density at radius 3 is 2.03 bits per heavy atom. The normalized spacial score (nSPS) is 30.2. The van der Waals surface area contributed by atoms with Gasteiger partial charge in [-0.2, -0.15) is 0 Å². The fourth-order valence-corrected chi connectivity index (χ4v) is 6.22. The average molecular weight is 456 g/mol. The lowest BCUT2D eigenvalue weighted by atomic mass is 9.63. The lowest BCUT2D eigenvalue weighted by Gasteiger charge is -2.37. The summed E-state index contributed by atoms with van der Waals surface area (Å²) in [4.78, 5) is 51.9. The van der Waals surface area contributed by atoms with Crippen LogP contribution >= 0.6 is 0 Å². The van der Waals surface area contributed by atoms with E-state index in [1.807, 2.05) is 42.5 Å². The maximum absolute atomic E-state index is 13.0. The number of hydrogen-bond acceptors (Lipinski definition) is 5. The highest BCUT2D eigenvalue weighted by Crippen LogP contribution is 2.65. The molecule has 0 unspecified atom stereocenters. The van der Waals surface area contributed by atoms with Crippen molar-refractivity contribution >= 4 is 23.6 Å². The molecule has 34 heavy (non-hydrogen) atoms. The lowest BCUT2D eigenvalue weighted by Crippen LogP contribution is -2.40. The van der Waals surface area contributed by atoms with E-state index in [-0.39, 0.29) is 60.8 Å². The van der Waals surface area contributed by atoms with Crippen LogP contribution in [0, 0.1) is 35.5 Å². The predicted molar refractivity (Wildman–Crippen MR) is 123 cm³/mol. The van der Waals surface area contributed by atoms with Gasteiger partial charge in [0, 0.05) is 12.1 Å². The van der Waals surface area contributed by atoms with E-state index in [4.69, 9.17) is 4.74 Å². The Kier molecular flexibility index (Phi) is 4.97. The lowest BCUT2D eigenvalue weighted by molar-refractivity contribution is -0.145. The SMILES string of the molecule is O=C(CCN1C(=O)[C@H]2[C@@H]3C=C[C@H]([C@H]4C[C@H]34)[C@@H]2C1=O)OCC(=O)c1ccc(-c2ccccc2)cc1. The molecule has 0 spiro atoms. The van der Waals surface area contributed by atoms with Crippen molar-refractivity contribution in [2.45, 2.75) is 12.8 Å². The Morgan fingerprint density at radius 2 is 1.41 bits per heavy atom. The van der Waals surface area contributed by atoms with Crippen molar-refractivity contribution in [2.75, 3.05) is 13.2 Å². The van der Waals surface area contributed by atoms with Crippen LogP contribution in [0.4, 0.5) is 0 Å². The van der Waals surface area contributed by atoms with Gasteiger partial charge in [-0.1, -0.05) is 66.7 Å². The number of carbonyl (C=O) groups excluding carboxylic acids is 4. The molecule has 0 N–H and O–H groups in total. The van der Waals surface area contributed by atoms with Gasteiger partial charge >= 0.3 is 5.97 Å². The molecule has 0 aromatic heterocycles. The van der Waals surface area contributed by atoms with Gasteiger partial charge in [-0.25, -0.2) is 0 Å². The van der Waals surface area contributed by atoms with Gasteiger partial charge in [-0.3, -0.25) is 24.1 Å². The summed E-state index contributed by atoms with van der Waals surface area (Å²) in [6, 6.07) is 17.0. The molecule has 2 bridgehead atoms. The molecule has 1 aliphatic heterocycles. The van der Waals surface area contributed by atoms with E-state index in [2.05, 4.69) is 12.2 Å². The summed E-state index contributed by atoms with van der Waals surface area (Å²) in [5, 5.41) is 0. The van der Waals surface area contributed by atoms with Crippen LogP contribution in [0.2, 0.25) is 0 Å². The Labute approximate surface area is 197 Å². The zero-order chi connectivity index (χ0) is 23.4. The molecule has 3 fully saturated rings.